The van der Waals surface area contributed by atoms with Crippen LogP contribution in [-0.2, 0) is 12.0 Å². The van der Waals surface area contributed by atoms with Gasteiger partial charge >= 0.3 is 0 Å². The number of carbonyl (C=O) groups is 1. The number of carbonyl (C=O) groups excluding carboxylic acids is 1. The maximum atomic E-state index is 11.3. The standard InChI is InChI=1S/C16H21N3OS/c1-10-12(14(17)20)6-5-7-13(10)18-8-11-9-19-15(21-11)16(2,3)4/h5-7,9,18H,8H2,1-4H3,(H2,17,20). The highest BCUT2D eigenvalue weighted by Gasteiger charge is 2.18. The van der Waals surface area contributed by atoms with E-state index in [9.17, 15) is 4.79 Å². The van der Waals surface area contributed by atoms with Gasteiger partial charge in [0, 0.05) is 27.7 Å². The zero-order valence-electron chi connectivity index (χ0n) is 12.9. The van der Waals surface area contributed by atoms with Crippen molar-refractivity contribution in [2.24, 2.45) is 5.73 Å². The SMILES string of the molecule is Cc1c(NCc2cnc(C(C)(C)C)s2)cccc1C(N)=O. The summed E-state index contributed by atoms with van der Waals surface area (Å²) >= 11 is 1.71. The third-order valence-electron chi connectivity index (χ3n) is 3.25. The summed E-state index contributed by atoms with van der Waals surface area (Å²) in [6.45, 7) is 9.06. The van der Waals surface area contributed by atoms with Crippen LogP contribution in [0.2, 0.25) is 0 Å². The van der Waals surface area contributed by atoms with E-state index in [2.05, 4.69) is 31.1 Å². The Balaban J connectivity index is 2.12. The topological polar surface area (TPSA) is 68.0 Å². The number of hydrogen-bond acceptors (Lipinski definition) is 4. The van der Waals surface area contributed by atoms with E-state index >= 15 is 0 Å². The Morgan fingerprint density at radius 3 is 2.67 bits per heavy atom. The number of primary amides is 1. The molecule has 0 saturated heterocycles. The van der Waals surface area contributed by atoms with Gasteiger partial charge in [0.15, 0.2) is 0 Å². The maximum absolute atomic E-state index is 11.3. The highest BCUT2D eigenvalue weighted by molar-refractivity contribution is 7.11. The van der Waals surface area contributed by atoms with E-state index in [-0.39, 0.29) is 5.41 Å². The quantitative estimate of drug-likeness (QED) is 0.909. The van der Waals surface area contributed by atoms with E-state index in [1.807, 2.05) is 25.3 Å². The van der Waals surface area contributed by atoms with Crippen LogP contribution < -0.4 is 11.1 Å². The maximum Gasteiger partial charge on any atom is 0.249 e. The van der Waals surface area contributed by atoms with Crippen LogP contribution in [0.15, 0.2) is 24.4 Å². The largest absolute Gasteiger partial charge is 0.380 e. The minimum atomic E-state index is -0.399. The molecule has 0 radical (unpaired) electrons. The number of benzene rings is 1. The van der Waals surface area contributed by atoms with Gasteiger partial charge in [-0.25, -0.2) is 4.98 Å². The molecule has 0 unspecified atom stereocenters. The van der Waals surface area contributed by atoms with Gasteiger partial charge in [-0.2, -0.15) is 0 Å². The molecule has 3 N–H and O–H groups in total. The fraction of sp³-hybridized carbons (Fsp3) is 0.375. The van der Waals surface area contributed by atoms with Crippen molar-refractivity contribution in [3.05, 3.63) is 45.4 Å². The molecular weight excluding hydrogens is 282 g/mol. The number of nitrogens with zero attached hydrogens (tertiary/aromatic N) is 1. The highest BCUT2D eigenvalue weighted by Crippen LogP contribution is 2.27. The number of thiazole rings is 1. The Hall–Kier alpha value is -1.88. The average molecular weight is 303 g/mol. The Bertz CT molecular complexity index is 656. The van der Waals surface area contributed by atoms with Crippen LogP contribution in [0.1, 0.15) is 46.6 Å². The van der Waals surface area contributed by atoms with Crippen LogP contribution in [-0.4, -0.2) is 10.9 Å². The van der Waals surface area contributed by atoms with Crippen molar-refractivity contribution in [3.63, 3.8) is 0 Å². The van der Waals surface area contributed by atoms with Crippen molar-refractivity contribution in [2.75, 3.05) is 5.32 Å². The number of nitrogens with one attached hydrogen (secondary N) is 1. The smallest absolute Gasteiger partial charge is 0.249 e. The van der Waals surface area contributed by atoms with E-state index in [1.54, 1.807) is 17.4 Å². The molecule has 0 fully saturated rings. The summed E-state index contributed by atoms with van der Waals surface area (Å²) in [4.78, 5) is 17.0. The molecule has 21 heavy (non-hydrogen) atoms. The molecule has 4 nitrogen and oxygen atoms in total. The van der Waals surface area contributed by atoms with Gasteiger partial charge in [-0.15, -0.1) is 11.3 Å². The van der Waals surface area contributed by atoms with E-state index in [1.165, 1.54) is 4.88 Å². The molecule has 0 aliphatic rings. The zero-order chi connectivity index (χ0) is 15.6. The molecule has 1 aromatic carbocycles. The summed E-state index contributed by atoms with van der Waals surface area (Å²) in [5, 5.41) is 4.48. The van der Waals surface area contributed by atoms with Crippen LogP contribution >= 0.6 is 11.3 Å². The predicted molar refractivity (Wildman–Crippen MR) is 87.8 cm³/mol. The van der Waals surface area contributed by atoms with Crippen molar-refractivity contribution in [1.29, 1.82) is 0 Å². The molecule has 1 amide bonds. The number of anilines is 1. The second kappa shape index (κ2) is 5.85. The van der Waals surface area contributed by atoms with Crippen LogP contribution in [0, 0.1) is 6.92 Å². The monoisotopic (exact) mass is 303 g/mol. The molecule has 0 spiro atoms. The lowest BCUT2D eigenvalue weighted by molar-refractivity contribution is 0.1000. The van der Waals surface area contributed by atoms with Gasteiger partial charge in [-0.3, -0.25) is 4.79 Å². The summed E-state index contributed by atoms with van der Waals surface area (Å²) in [7, 11) is 0. The van der Waals surface area contributed by atoms with Crippen molar-refractivity contribution in [1.82, 2.24) is 4.98 Å². The summed E-state index contributed by atoms with van der Waals surface area (Å²) in [6.07, 6.45) is 1.91. The lowest BCUT2D eigenvalue weighted by atomic mass is 9.98. The first-order valence-electron chi connectivity index (χ1n) is 6.87. The third-order valence-corrected chi connectivity index (χ3v) is 4.67. The minimum absolute atomic E-state index is 0.0741. The molecule has 0 aliphatic heterocycles. The number of nitrogens with two attached hydrogens (primary N) is 1. The predicted octanol–water partition coefficient (Wildman–Crippen LogP) is 3.46. The first-order valence-corrected chi connectivity index (χ1v) is 7.69. The molecular formula is C16H21N3OS. The number of rotatable bonds is 4. The summed E-state index contributed by atoms with van der Waals surface area (Å²) in [6, 6.07) is 5.53. The molecule has 0 atom stereocenters. The van der Waals surface area contributed by atoms with Crippen LogP contribution in [0.4, 0.5) is 5.69 Å². The van der Waals surface area contributed by atoms with Gasteiger partial charge in [0.25, 0.3) is 0 Å². The fourth-order valence-electron chi connectivity index (χ4n) is 2.01. The molecule has 1 heterocycles. The first kappa shape index (κ1) is 15.5. The Labute approximate surface area is 129 Å². The van der Waals surface area contributed by atoms with Crippen LogP contribution in [0.25, 0.3) is 0 Å². The Morgan fingerprint density at radius 1 is 1.38 bits per heavy atom. The lowest BCUT2D eigenvalue weighted by Crippen LogP contribution is -2.13. The van der Waals surface area contributed by atoms with E-state index in [0.717, 1.165) is 16.3 Å². The Morgan fingerprint density at radius 2 is 2.10 bits per heavy atom. The highest BCUT2D eigenvalue weighted by atomic mass is 32.1. The first-order chi connectivity index (χ1) is 9.79. The average Bonchev–Trinajstić information content (AvgIpc) is 2.86. The molecule has 5 heteroatoms. The lowest BCUT2D eigenvalue weighted by Gasteiger charge is -2.13. The molecule has 112 valence electrons. The van der Waals surface area contributed by atoms with Gasteiger partial charge in [-0.1, -0.05) is 26.8 Å². The van der Waals surface area contributed by atoms with Crippen LogP contribution in [0.5, 0.6) is 0 Å². The van der Waals surface area contributed by atoms with Crippen molar-refractivity contribution in [3.8, 4) is 0 Å². The Kier molecular flexibility index (Phi) is 4.32. The zero-order valence-corrected chi connectivity index (χ0v) is 13.7. The minimum Gasteiger partial charge on any atom is -0.380 e. The van der Waals surface area contributed by atoms with E-state index in [0.29, 0.717) is 12.1 Å². The normalized spacial score (nSPS) is 11.4. The summed E-state index contributed by atoms with van der Waals surface area (Å²) in [5.74, 6) is -0.399. The number of hydrogen-bond donors (Lipinski definition) is 2. The molecule has 0 aliphatic carbocycles. The second-order valence-corrected chi connectivity index (χ2v) is 7.19. The van der Waals surface area contributed by atoms with Gasteiger partial charge < -0.3 is 11.1 Å². The van der Waals surface area contributed by atoms with Crippen molar-refractivity contribution < 1.29 is 4.79 Å². The van der Waals surface area contributed by atoms with Gasteiger partial charge in [0.2, 0.25) is 5.91 Å². The molecule has 2 aromatic rings. The summed E-state index contributed by atoms with van der Waals surface area (Å²) in [5.41, 5.74) is 7.80. The number of aromatic nitrogens is 1. The van der Waals surface area contributed by atoms with Crippen molar-refractivity contribution >= 4 is 22.9 Å². The van der Waals surface area contributed by atoms with Crippen LogP contribution in [0.3, 0.4) is 0 Å². The van der Waals surface area contributed by atoms with Gasteiger partial charge in [0.1, 0.15) is 0 Å². The van der Waals surface area contributed by atoms with E-state index in [4.69, 9.17) is 5.73 Å². The molecule has 1 aromatic heterocycles. The summed E-state index contributed by atoms with van der Waals surface area (Å²) < 4.78 is 0. The molecule has 0 bridgehead atoms. The van der Waals surface area contributed by atoms with E-state index < -0.39 is 5.91 Å². The van der Waals surface area contributed by atoms with Crippen molar-refractivity contribution in [2.45, 2.75) is 39.7 Å². The third kappa shape index (κ3) is 3.61. The molecule has 2 rings (SSSR count). The second-order valence-electron chi connectivity index (χ2n) is 6.08. The van der Waals surface area contributed by atoms with Gasteiger partial charge in [-0.05, 0) is 24.6 Å². The number of amides is 1. The van der Waals surface area contributed by atoms with Gasteiger partial charge in [0.05, 0.1) is 11.6 Å². The fourth-order valence-corrected chi connectivity index (χ4v) is 2.92. The molecule has 0 saturated carbocycles.